The van der Waals surface area contributed by atoms with Gasteiger partial charge in [-0.15, -0.1) is 0 Å². The maximum atomic E-state index is 11.9. The Balaban J connectivity index is 1.76. The zero-order valence-electron chi connectivity index (χ0n) is 10.7. The first-order chi connectivity index (χ1) is 9.54. The van der Waals surface area contributed by atoms with Crippen LogP contribution in [0.25, 0.3) is 0 Å². The molecular weight excluding hydrogens is 280 g/mol. The first-order valence-electron chi connectivity index (χ1n) is 6.61. The van der Waals surface area contributed by atoms with Crippen molar-refractivity contribution < 1.29 is 19.5 Å². The van der Waals surface area contributed by atoms with Crippen molar-refractivity contribution in [2.45, 2.75) is 32.1 Å². The Morgan fingerprint density at radius 3 is 2.60 bits per heavy atom. The third-order valence-corrected chi connectivity index (χ3v) is 4.93. The molecule has 6 nitrogen and oxygen atoms in total. The molecule has 2 aliphatic carbocycles. The third-order valence-electron chi connectivity index (χ3n) is 3.88. The number of hydrogen-bond acceptors (Lipinski definition) is 5. The molecule has 0 radical (unpaired) electrons. The number of amides is 1. The second-order valence-electron chi connectivity index (χ2n) is 5.28. The van der Waals surface area contributed by atoms with Crippen LogP contribution in [0, 0.1) is 11.8 Å². The molecule has 0 saturated heterocycles. The summed E-state index contributed by atoms with van der Waals surface area (Å²) in [7, 11) is 0. The maximum Gasteiger partial charge on any atom is 0.307 e. The van der Waals surface area contributed by atoms with E-state index in [-0.39, 0.29) is 30.4 Å². The number of aliphatic carboxylic acids is 1. The number of carbonyl (C=O) groups is 3. The topological polar surface area (TPSA) is 96.4 Å². The van der Waals surface area contributed by atoms with Crippen LogP contribution in [0.2, 0.25) is 0 Å². The van der Waals surface area contributed by atoms with Gasteiger partial charge in [-0.25, -0.2) is 4.98 Å². The molecule has 3 rings (SSSR count). The number of ketones is 1. The highest BCUT2D eigenvalue weighted by molar-refractivity contribution is 7.17. The van der Waals surface area contributed by atoms with Crippen LogP contribution >= 0.6 is 11.3 Å². The number of fused-ring (bicyclic) bond motifs is 1. The highest BCUT2D eigenvalue weighted by atomic mass is 32.1. The minimum atomic E-state index is -0.975. The molecule has 106 valence electrons. The number of aromatic nitrogens is 1. The number of carboxylic acid groups (broad SMARTS) is 1. The van der Waals surface area contributed by atoms with Gasteiger partial charge in [0.15, 0.2) is 10.9 Å². The van der Waals surface area contributed by atoms with Crippen LogP contribution in [0.1, 0.15) is 41.0 Å². The Labute approximate surface area is 119 Å². The van der Waals surface area contributed by atoms with Gasteiger partial charge in [0, 0.05) is 18.8 Å². The van der Waals surface area contributed by atoms with Crippen molar-refractivity contribution in [2.75, 3.05) is 5.32 Å². The summed E-state index contributed by atoms with van der Waals surface area (Å²) in [6.45, 7) is 0. The van der Waals surface area contributed by atoms with E-state index >= 15 is 0 Å². The number of anilines is 1. The number of Topliss-reactive ketones (excluding diaryl/α,β-unsaturated/α-hetero) is 1. The third kappa shape index (κ3) is 2.33. The molecule has 1 fully saturated rings. The van der Waals surface area contributed by atoms with Gasteiger partial charge in [-0.2, -0.15) is 0 Å². The molecule has 1 saturated carbocycles. The van der Waals surface area contributed by atoms with E-state index in [9.17, 15) is 14.4 Å². The molecule has 1 aromatic rings. The Morgan fingerprint density at radius 2 is 2.00 bits per heavy atom. The lowest BCUT2D eigenvalue weighted by molar-refractivity contribution is -0.141. The van der Waals surface area contributed by atoms with Crippen molar-refractivity contribution in [2.24, 2.45) is 11.8 Å². The minimum absolute atomic E-state index is 0.0144. The Morgan fingerprint density at radius 1 is 1.25 bits per heavy atom. The smallest absolute Gasteiger partial charge is 0.307 e. The summed E-state index contributed by atoms with van der Waals surface area (Å²) >= 11 is 1.15. The van der Waals surface area contributed by atoms with Gasteiger partial charge in [-0.3, -0.25) is 14.4 Å². The molecule has 0 spiro atoms. The molecule has 0 bridgehead atoms. The molecular formula is C13H14N2O4S. The van der Waals surface area contributed by atoms with E-state index in [1.165, 1.54) is 0 Å². The zero-order chi connectivity index (χ0) is 14.3. The first-order valence-corrected chi connectivity index (χ1v) is 7.43. The highest BCUT2D eigenvalue weighted by Gasteiger charge is 2.33. The largest absolute Gasteiger partial charge is 0.481 e. The van der Waals surface area contributed by atoms with Crippen molar-refractivity contribution in [3.63, 3.8) is 0 Å². The molecule has 2 N–H and O–H groups in total. The Bertz CT molecular complexity index is 591. The lowest BCUT2D eigenvalue weighted by Crippen LogP contribution is -2.28. The van der Waals surface area contributed by atoms with E-state index in [0.717, 1.165) is 30.6 Å². The van der Waals surface area contributed by atoms with Gasteiger partial charge < -0.3 is 10.4 Å². The second-order valence-corrected chi connectivity index (χ2v) is 6.28. The van der Waals surface area contributed by atoms with Gasteiger partial charge >= 0.3 is 5.97 Å². The predicted octanol–water partition coefficient (Wildman–Crippen LogP) is 1.71. The predicted molar refractivity (Wildman–Crippen MR) is 71.9 cm³/mol. The van der Waals surface area contributed by atoms with Crippen LogP contribution in [0.15, 0.2) is 0 Å². The summed E-state index contributed by atoms with van der Waals surface area (Å²) in [5.41, 5.74) is 0.502. The van der Waals surface area contributed by atoms with Gasteiger partial charge in [0.05, 0.1) is 16.5 Å². The number of thiazole rings is 1. The van der Waals surface area contributed by atoms with Gasteiger partial charge in [0.25, 0.3) is 0 Å². The molecule has 2 aliphatic rings. The lowest BCUT2D eigenvalue weighted by atomic mass is 9.85. The normalized spacial score (nSPS) is 22.0. The highest BCUT2D eigenvalue weighted by Crippen LogP contribution is 2.33. The van der Waals surface area contributed by atoms with E-state index in [2.05, 4.69) is 10.3 Å². The van der Waals surface area contributed by atoms with E-state index in [4.69, 9.17) is 5.11 Å². The average Bonchev–Trinajstić information content (AvgIpc) is 2.69. The summed E-state index contributed by atoms with van der Waals surface area (Å²) < 4.78 is 0. The summed E-state index contributed by atoms with van der Waals surface area (Å²) in [4.78, 5) is 39.4. The fraction of sp³-hybridized carbons (Fsp3) is 0.538. The maximum absolute atomic E-state index is 11.9. The lowest BCUT2D eigenvalue weighted by Gasteiger charge is -2.23. The molecule has 0 aromatic carbocycles. The van der Waals surface area contributed by atoms with Gasteiger partial charge in [0.1, 0.15) is 0 Å². The van der Waals surface area contributed by atoms with Gasteiger partial charge in [-0.05, 0) is 12.8 Å². The fourth-order valence-electron chi connectivity index (χ4n) is 2.44. The van der Waals surface area contributed by atoms with Crippen molar-refractivity contribution in [1.29, 1.82) is 0 Å². The van der Waals surface area contributed by atoms with E-state index in [1.54, 1.807) is 0 Å². The van der Waals surface area contributed by atoms with Gasteiger partial charge in [-0.1, -0.05) is 17.8 Å². The molecule has 1 heterocycles. The second kappa shape index (κ2) is 4.97. The minimum Gasteiger partial charge on any atom is -0.481 e. The van der Waals surface area contributed by atoms with Crippen LogP contribution in [0.4, 0.5) is 5.13 Å². The Hall–Kier alpha value is -1.76. The van der Waals surface area contributed by atoms with E-state index in [1.807, 2.05) is 0 Å². The summed E-state index contributed by atoms with van der Waals surface area (Å²) in [5.74, 6) is -1.87. The average molecular weight is 294 g/mol. The van der Waals surface area contributed by atoms with E-state index in [0.29, 0.717) is 15.7 Å². The van der Waals surface area contributed by atoms with Crippen LogP contribution in [0.5, 0.6) is 0 Å². The van der Waals surface area contributed by atoms with Crippen LogP contribution < -0.4 is 5.32 Å². The number of nitrogens with one attached hydrogen (secondary N) is 1. The van der Waals surface area contributed by atoms with Crippen LogP contribution in [-0.4, -0.2) is 27.8 Å². The monoisotopic (exact) mass is 294 g/mol. The summed E-state index contributed by atoms with van der Waals surface area (Å²) in [5, 5.41) is 12.1. The molecule has 7 heteroatoms. The fourth-order valence-corrected chi connectivity index (χ4v) is 3.38. The van der Waals surface area contributed by atoms with Crippen molar-refractivity contribution in [1.82, 2.24) is 4.98 Å². The van der Waals surface area contributed by atoms with Crippen molar-refractivity contribution in [3.8, 4) is 0 Å². The quantitative estimate of drug-likeness (QED) is 0.884. The van der Waals surface area contributed by atoms with Crippen LogP contribution in [0.3, 0.4) is 0 Å². The molecule has 0 aliphatic heterocycles. The van der Waals surface area contributed by atoms with E-state index < -0.39 is 11.9 Å². The molecule has 1 atom stereocenters. The standard InChI is InChI=1S/C13H14N2O4S/c16-9-5-7(12(18)19)4-8-10(9)20-13(14-8)15-11(17)6-2-1-3-6/h6-7H,1-5H2,(H,18,19)(H,14,15,17)/t7-/m0/s1. The number of rotatable bonds is 3. The van der Waals surface area contributed by atoms with Crippen molar-refractivity contribution >= 4 is 34.1 Å². The van der Waals surface area contributed by atoms with Crippen LogP contribution in [-0.2, 0) is 16.0 Å². The Kier molecular flexibility index (Phi) is 3.29. The molecule has 1 amide bonds. The van der Waals surface area contributed by atoms with Gasteiger partial charge in [0.2, 0.25) is 5.91 Å². The summed E-state index contributed by atoms with van der Waals surface area (Å²) in [6.07, 6.45) is 3.14. The van der Waals surface area contributed by atoms with Crippen molar-refractivity contribution in [3.05, 3.63) is 10.6 Å². The SMILES string of the molecule is O=C1C[C@@H](C(=O)O)Cc2nc(NC(=O)C3CCC3)sc21. The number of carboxylic acids is 1. The molecule has 1 aromatic heterocycles. The number of nitrogens with zero attached hydrogens (tertiary/aromatic N) is 1. The molecule has 0 unspecified atom stereocenters. The first kappa shape index (κ1) is 13.2. The number of carbonyl (C=O) groups excluding carboxylic acids is 2. The summed E-state index contributed by atoms with van der Waals surface area (Å²) in [6, 6.07) is 0. The molecule has 20 heavy (non-hydrogen) atoms. The number of hydrogen-bond donors (Lipinski definition) is 2. The zero-order valence-corrected chi connectivity index (χ0v) is 11.5.